The fourth-order valence-electron chi connectivity index (χ4n) is 4.09. The molecule has 0 saturated carbocycles. The Labute approximate surface area is 236 Å². The predicted molar refractivity (Wildman–Crippen MR) is 156 cm³/mol. The average Bonchev–Trinajstić information content (AvgIpc) is 2.92. The molecule has 0 aliphatic carbocycles. The smallest absolute Gasteiger partial charge is 0.264 e. The van der Waals surface area contributed by atoms with Gasteiger partial charge in [-0.3, -0.25) is 13.9 Å². The SMILES string of the molecule is CCC(C(=O)NCC(C)C)N(Cc1ccc(C)cc1)C(=O)CN(c1ccc(Cl)cc1)S(=O)(=O)c1ccccc1. The number of amides is 2. The minimum atomic E-state index is -4.11. The van der Waals surface area contributed by atoms with Gasteiger partial charge in [0.05, 0.1) is 10.6 Å². The van der Waals surface area contributed by atoms with Crippen molar-refractivity contribution in [2.24, 2.45) is 5.92 Å². The van der Waals surface area contributed by atoms with Crippen LogP contribution in [0, 0.1) is 12.8 Å². The molecule has 1 N–H and O–H groups in total. The number of nitrogens with zero attached hydrogens (tertiary/aromatic N) is 2. The van der Waals surface area contributed by atoms with E-state index in [4.69, 9.17) is 11.6 Å². The maximum Gasteiger partial charge on any atom is 0.264 e. The second-order valence-electron chi connectivity index (χ2n) is 9.87. The number of halogens is 1. The van der Waals surface area contributed by atoms with Crippen molar-refractivity contribution in [1.82, 2.24) is 10.2 Å². The largest absolute Gasteiger partial charge is 0.354 e. The summed E-state index contributed by atoms with van der Waals surface area (Å²) in [5, 5.41) is 3.37. The fourth-order valence-corrected chi connectivity index (χ4v) is 5.65. The highest BCUT2D eigenvalue weighted by Crippen LogP contribution is 2.26. The first-order chi connectivity index (χ1) is 18.5. The number of rotatable bonds is 12. The van der Waals surface area contributed by atoms with Gasteiger partial charge in [-0.2, -0.15) is 0 Å². The lowest BCUT2D eigenvalue weighted by molar-refractivity contribution is -0.140. The van der Waals surface area contributed by atoms with Gasteiger partial charge in [-0.1, -0.05) is 80.4 Å². The summed E-state index contributed by atoms with van der Waals surface area (Å²) in [6, 6.07) is 21.2. The van der Waals surface area contributed by atoms with Crippen molar-refractivity contribution < 1.29 is 18.0 Å². The van der Waals surface area contributed by atoms with Crippen LogP contribution in [0.5, 0.6) is 0 Å². The van der Waals surface area contributed by atoms with Gasteiger partial charge in [0.25, 0.3) is 10.0 Å². The van der Waals surface area contributed by atoms with Crippen LogP contribution >= 0.6 is 11.6 Å². The summed E-state index contributed by atoms with van der Waals surface area (Å²) >= 11 is 6.06. The predicted octanol–water partition coefficient (Wildman–Crippen LogP) is 5.42. The van der Waals surface area contributed by atoms with Crippen LogP contribution in [0.3, 0.4) is 0 Å². The van der Waals surface area contributed by atoms with Gasteiger partial charge in [0.1, 0.15) is 12.6 Å². The van der Waals surface area contributed by atoms with E-state index in [0.717, 1.165) is 15.4 Å². The van der Waals surface area contributed by atoms with Crippen molar-refractivity contribution in [1.29, 1.82) is 0 Å². The van der Waals surface area contributed by atoms with Gasteiger partial charge in [0.15, 0.2) is 0 Å². The summed E-state index contributed by atoms with van der Waals surface area (Å²) in [7, 11) is -4.11. The van der Waals surface area contributed by atoms with Crippen molar-refractivity contribution in [2.75, 3.05) is 17.4 Å². The lowest BCUT2D eigenvalue weighted by atomic mass is 10.1. The van der Waals surface area contributed by atoms with E-state index in [2.05, 4.69) is 5.32 Å². The van der Waals surface area contributed by atoms with Gasteiger partial charge in [0.2, 0.25) is 11.8 Å². The van der Waals surface area contributed by atoms with Gasteiger partial charge in [-0.15, -0.1) is 0 Å². The highest BCUT2D eigenvalue weighted by atomic mass is 35.5. The molecule has 39 heavy (non-hydrogen) atoms. The molecule has 3 aromatic rings. The quantitative estimate of drug-likeness (QED) is 0.315. The zero-order valence-corrected chi connectivity index (χ0v) is 24.4. The van der Waals surface area contributed by atoms with Crippen LogP contribution < -0.4 is 9.62 Å². The zero-order valence-electron chi connectivity index (χ0n) is 22.8. The molecule has 9 heteroatoms. The molecule has 0 aromatic heterocycles. The van der Waals surface area contributed by atoms with E-state index in [0.29, 0.717) is 23.7 Å². The van der Waals surface area contributed by atoms with E-state index in [9.17, 15) is 18.0 Å². The van der Waals surface area contributed by atoms with Crippen LogP contribution in [0.2, 0.25) is 5.02 Å². The van der Waals surface area contributed by atoms with Crippen molar-refractivity contribution >= 4 is 39.1 Å². The Bertz CT molecular complexity index is 1350. The Morgan fingerprint density at radius 2 is 1.54 bits per heavy atom. The van der Waals surface area contributed by atoms with Crippen molar-refractivity contribution in [3.63, 3.8) is 0 Å². The van der Waals surface area contributed by atoms with Crippen LogP contribution in [-0.2, 0) is 26.2 Å². The van der Waals surface area contributed by atoms with E-state index >= 15 is 0 Å². The van der Waals surface area contributed by atoms with Gasteiger partial charge < -0.3 is 10.2 Å². The minimum Gasteiger partial charge on any atom is -0.354 e. The number of hydrogen-bond acceptors (Lipinski definition) is 4. The van der Waals surface area contributed by atoms with E-state index in [1.54, 1.807) is 42.5 Å². The topological polar surface area (TPSA) is 86.8 Å². The first kappa shape index (κ1) is 30.2. The standard InChI is InChI=1S/C30H36ClN3O4S/c1-5-28(30(36)32-19-22(2)3)33(20-24-13-11-23(4)12-14-24)29(35)21-34(26-17-15-25(31)16-18-26)39(37,38)27-9-7-6-8-10-27/h6-18,22,28H,5,19-21H2,1-4H3,(H,32,36). The molecule has 0 fully saturated rings. The van der Waals surface area contributed by atoms with Crippen LogP contribution in [0.15, 0.2) is 83.8 Å². The van der Waals surface area contributed by atoms with E-state index in [1.807, 2.05) is 52.0 Å². The van der Waals surface area contributed by atoms with Gasteiger partial charge in [-0.05, 0) is 61.2 Å². The Kier molecular flexibility index (Phi) is 10.5. The maximum atomic E-state index is 14.0. The second kappa shape index (κ2) is 13.6. The first-order valence-electron chi connectivity index (χ1n) is 13.0. The average molecular weight is 570 g/mol. The molecule has 208 valence electrons. The highest BCUT2D eigenvalue weighted by molar-refractivity contribution is 7.92. The van der Waals surface area contributed by atoms with Crippen molar-refractivity contribution in [2.45, 2.75) is 51.6 Å². The molecule has 0 bridgehead atoms. The van der Waals surface area contributed by atoms with Gasteiger partial charge in [0, 0.05) is 18.1 Å². The van der Waals surface area contributed by atoms with Crippen molar-refractivity contribution in [3.8, 4) is 0 Å². The number of aryl methyl sites for hydroxylation is 1. The molecule has 1 unspecified atom stereocenters. The number of sulfonamides is 1. The molecule has 0 radical (unpaired) electrons. The van der Waals surface area contributed by atoms with Crippen LogP contribution in [0.25, 0.3) is 0 Å². The molecular weight excluding hydrogens is 534 g/mol. The molecule has 3 aromatic carbocycles. The normalized spacial score (nSPS) is 12.2. The van der Waals surface area contributed by atoms with E-state index < -0.39 is 28.5 Å². The molecule has 1 atom stereocenters. The van der Waals surface area contributed by atoms with Gasteiger partial charge in [-0.25, -0.2) is 8.42 Å². The number of nitrogens with one attached hydrogen (secondary N) is 1. The Balaban J connectivity index is 2.02. The third-order valence-corrected chi connectivity index (χ3v) is 8.31. The molecule has 0 spiro atoms. The number of carbonyl (C=O) groups is 2. The van der Waals surface area contributed by atoms with Crippen LogP contribution in [0.1, 0.15) is 38.3 Å². The van der Waals surface area contributed by atoms with Crippen molar-refractivity contribution in [3.05, 3.63) is 95.0 Å². The van der Waals surface area contributed by atoms with E-state index in [-0.39, 0.29) is 23.3 Å². The first-order valence-corrected chi connectivity index (χ1v) is 14.8. The van der Waals surface area contributed by atoms with Crippen LogP contribution in [0.4, 0.5) is 5.69 Å². The summed E-state index contributed by atoms with van der Waals surface area (Å²) in [6.07, 6.45) is 0.369. The summed E-state index contributed by atoms with van der Waals surface area (Å²) in [6.45, 7) is 7.95. The molecule has 0 saturated heterocycles. The number of benzene rings is 3. The van der Waals surface area contributed by atoms with Gasteiger partial charge >= 0.3 is 0 Å². The highest BCUT2D eigenvalue weighted by Gasteiger charge is 2.33. The molecule has 3 rings (SSSR count). The number of hydrogen-bond donors (Lipinski definition) is 1. The molecule has 7 nitrogen and oxygen atoms in total. The molecule has 0 aliphatic heterocycles. The lowest BCUT2D eigenvalue weighted by Crippen LogP contribution is -2.52. The van der Waals surface area contributed by atoms with E-state index in [1.165, 1.54) is 17.0 Å². The Morgan fingerprint density at radius 1 is 0.923 bits per heavy atom. The zero-order chi connectivity index (χ0) is 28.6. The monoisotopic (exact) mass is 569 g/mol. The molecule has 0 heterocycles. The molecule has 2 amide bonds. The number of anilines is 1. The van der Waals surface area contributed by atoms with Crippen LogP contribution in [-0.4, -0.2) is 44.3 Å². The fraction of sp³-hybridized carbons (Fsp3) is 0.333. The second-order valence-corrected chi connectivity index (χ2v) is 12.2. The minimum absolute atomic E-state index is 0.0551. The third kappa shape index (κ3) is 8.07. The summed E-state index contributed by atoms with van der Waals surface area (Å²) in [4.78, 5) is 28.8. The Hall–Kier alpha value is -3.36. The molecular formula is C30H36ClN3O4S. The third-order valence-electron chi connectivity index (χ3n) is 6.27. The summed E-state index contributed by atoms with van der Waals surface area (Å²) in [5.41, 5.74) is 2.21. The number of carbonyl (C=O) groups excluding carboxylic acids is 2. The Morgan fingerprint density at radius 3 is 2.10 bits per heavy atom. The maximum absolute atomic E-state index is 14.0. The summed E-state index contributed by atoms with van der Waals surface area (Å²) in [5.74, 6) is -0.517. The summed E-state index contributed by atoms with van der Waals surface area (Å²) < 4.78 is 28.6. The lowest BCUT2D eigenvalue weighted by Gasteiger charge is -2.33. The molecule has 0 aliphatic rings.